The number of carbonyl (C=O) groups is 1. The standard InChI is InChI=1S/C32H21F4N7O2/c1-19-11-28(33)27(31(44)42-22-13-21(32(34,35)36)14-26(15-22)45-25-6-8-37-9-7-25)12-20(19)4-5-24-18-38-30-29(3-2-10-43(24)30)41-23-16-39-40-17-23/h2-3,6-18,41H,1H3,(H,39,40)(H,42,44). The highest BCUT2D eigenvalue weighted by Crippen LogP contribution is 2.36. The Morgan fingerprint density at radius 1 is 1.00 bits per heavy atom. The smallest absolute Gasteiger partial charge is 0.416 e. The van der Waals surface area contributed by atoms with Crippen molar-refractivity contribution in [3.8, 4) is 23.3 Å². The molecule has 6 rings (SSSR count). The molecule has 4 heterocycles. The van der Waals surface area contributed by atoms with E-state index in [4.69, 9.17) is 4.74 Å². The molecule has 224 valence electrons. The normalized spacial score (nSPS) is 11.1. The van der Waals surface area contributed by atoms with Gasteiger partial charge in [-0.3, -0.25) is 19.3 Å². The van der Waals surface area contributed by atoms with Crippen LogP contribution in [-0.4, -0.2) is 30.5 Å². The molecular weight excluding hydrogens is 590 g/mol. The summed E-state index contributed by atoms with van der Waals surface area (Å²) < 4.78 is 63.2. The number of H-pyrrole nitrogens is 1. The van der Waals surface area contributed by atoms with Crippen molar-refractivity contribution in [2.45, 2.75) is 13.1 Å². The molecule has 45 heavy (non-hydrogen) atoms. The summed E-state index contributed by atoms with van der Waals surface area (Å²) in [5.41, 5.74) is 1.70. The number of anilines is 3. The molecule has 1 amide bonds. The highest BCUT2D eigenvalue weighted by atomic mass is 19.4. The van der Waals surface area contributed by atoms with Crippen LogP contribution in [0.2, 0.25) is 0 Å². The Kier molecular flexibility index (Phi) is 7.62. The number of aromatic nitrogens is 5. The Morgan fingerprint density at radius 2 is 1.82 bits per heavy atom. The van der Waals surface area contributed by atoms with Gasteiger partial charge in [-0.1, -0.05) is 5.92 Å². The van der Waals surface area contributed by atoms with Crippen molar-refractivity contribution in [3.05, 3.63) is 126 Å². The summed E-state index contributed by atoms with van der Waals surface area (Å²) in [4.78, 5) is 21.4. The van der Waals surface area contributed by atoms with E-state index in [9.17, 15) is 22.4 Å². The lowest BCUT2D eigenvalue weighted by Crippen LogP contribution is -2.15. The number of hydrogen-bond donors (Lipinski definition) is 3. The van der Waals surface area contributed by atoms with Crippen LogP contribution in [0.3, 0.4) is 0 Å². The molecule has 0 saturated carbocycles. The molecule has 0 bridgehead atoms. The van der Waals surface area contributed by atoms with Crippen molar-refractivity contribution in [1.29, 1.82) is 0 Å². The van der Waals surface area contributed by atoms with Crippen LogP contribution in [0, 0.1) is 24.6 Å². The Morgan fingerprint density at radius 3 is 2.58 bits per heavy atom. The van der Waals surface area contributed by atoms with Crippen molar-refractivity contribution >= 4 is 28.6 Å². The zero-order chi connectivity index (χ0) is 31.6. The molecule has 0 spiro atoms. The van der Waals surface area contributed by atoms with Crippen LogP contribution in [0.5, 0.6) is 11.5 Å². The van der Waals surface area contributed by atoms with E-state index >= 15 is 0 Å². The number of ether oxygens (including phenoxy) is 1. The number of alkyl halides is 3. The van der Waals surface area contributed by atoms with Crippen LogP contribution >= 0.6 is 0 Å². The van der Waals surface area contributed by atoms with Gasteiger partial charge < -0.3 is 15.4 Å². The van der Waals surface area contributed by atoms with Crippen molar-refractivity contribution < 1.29 is 27.1 Å². The van der Waals surface area contributed by atoms with E-state index in [1.165, 1.54) is 36.7 Å². The number of aryl methyl sites for hydroxylation is 1. The van der Waals surface area contributed by atoms with Gasteiger partial charge in [-0.15, -0.1) is 0 Å². The second kappa shape index (κ2) is 11.8. The molecule has 4 aromatic heterocycles. The average Bonchev–Trinajstić information content (AvgIpc) is 3.67. The molecule has 0 aliphatic heterocycles. The number of rotatable bonds is 6. The molecule has 0 aliphatic rings. The van der Waals surface area contributed by atoms with E-state index in [2.05, 4.69) is 42.6 Å². The molecule has 6 aromatic rings. The summed E-state index contributed by atoms with van der Waals surface area (Å²) >= 11 is 0. The number of hydrogen-bond acceptors (Lipinski definition) is 6. The van der Waals surface area contributed by atoms with Crippen LogP contribution in [0.15, 0.2) is 91.8 Å². The molecule has 0 radical (unpaired) electrons. The first-order valence-corrected chi connectivity index (χ1v) is 13.3. The fraction of sp³-hybridized carbons (Fsp3) is 0.0625. The molecule has 0 unspecified atom stereocenters. The quantitative estimate of drug-likeness (QED) is 0.137. The number of benzene rings is 2. The van der Waals surface area contributed by atoms with Crippen molar-refractivity contribution in [3.63, 3.8) is 0 Å². The molecule has 3 N–H and O–H groups in total. The van der Waals surface area contributed by atoms with Gasteiger partial charge in [0.05, 0.1) is 34.9 Å². The first-order valence-electron chi connectivity index (χ1n) is 13.3. The Labute approximate surface area is 252 Å². The number of amides is 1. The zero-order valence-electron chi connectivity index (χ0n) is 23.3. The molecule has 13 heteroatoms. The Hall–Kier alpha value is -6.16. The van der Waals surface area contributed by atoms with Gasteiger partial charge >= 0.3 is 6.18 Å². The van der Waals surface area contributed by atoms with Gasteiger partial charge in [0.2, 0.25) is 0 Å². The molecule has 0 fully saturated rings. The maximum atomic E-state index is 15.0. The molecule has 9 nitrogen and oxygen atoms in total. The van der Waals surface area contributed by atoms with Crippen molar-refractivity contribution in [2.75, 3.05) is 10.6 Å². The summed E-state index contributed by atoms with van der Waals surface area (Å²) in [6.45, 7) is 1.63. The second-order valence-electron chi connectivity index (χ2n) is 9.75. The fourth-order valence-electron chi connectivity index (χ4n) is 4.42. The number of imidazole rings is 1. The fourth-order valence-corrected chi connectivity index (χ4v) is 4.42. The van der Waals surface area contributed by atoms with Gasteiger partial charge in [0, 0.05) is 42.1 Å². The first kappa shape index (κ1) is 28.9. The number of nitrogens with zero attached hydrogens (tertiary/aromatic N) is 4. The first-order chi connectivity index (χ1) is 21.6. The van der Waals surface area contributed by atoms with Gasteiger partial charge in [-0.2, -0.15) is 18.3 Å². The highest BCUT2D eigenvalue weighted by molar-refractivity contribution is 6.05. The highest BCUT2D eigenvalue weighted by Gasteiger charge is 2.32. The molecular formula is C32H21F4N7O2. The second-order valence-corrected chi connectivity index (χ2v) is 9.75. The summed E-state index contributed by atoms with van der Waals surface area (Å²) in [6, 6.07) is 11.7. The molecule has 2 aromatic carbocycles. The Balaban J connectivity index is 1.28. The minimum atomic E-state index is -4.73. The number of nitrogens with one attached hydrogen (secondary N) is 3. The topological polar surface area (TPSA) is 109 Å². The maximum absolute atomic E-state index is 15.0. The number of carbonyl (C=O) groups excluding carboxylic acids is 1. The predicted octanol–water partition coefficient (Wildman–Crippen LogP) is 7.11. The van der Waals surface area contributed by atoms with E-state index in [1.807, 2.05) is 12.1 Å². The number of aromatic amines is 1. The number of halogens is 4. The molecule has 0 aliphatic carbocycles. The summed E-state index contributed by atoms with van der Waals surface area (Å²) in [5, 5.41) is 12.2. The van der Waals surface area contributed by atoms with E-state index in [0.29, 0.717) is 28.2 Å². The van der Waals surface area contributed by atoms with E-state index in [1.54, 1.807) is 36.1 Å². The van der Waals surface area contributed by atoms with Crippen LogP contribution in [0.4, 0.5) is 34.6 Å². The number of pyridine rings is 2. The van der Waals surface area contributed by atoms with E-state index < -0.39 is 29.0 Å². The summed E-state index contributed by atoms with van der Waals surface area (Å²) in [5.74, 6) is 4.20. The molecule has 0 saturated heterocycles. The van der Waals surface area contributed by atoms with Gasteiger partial charge in [-0.25, -0.2) is 9.37 Å². The lowest BCUT2D eigenvalue weighted by atomic mass is 10.0. The summed E-state index contributed by atoms with van der Waals surface area (Å²) in [7, 11) is 0. The lowest BCUT2D eigenvalue weighted by Gasteiger charge is -2.14. The van der Waals surface area contributed by atoms with Gasteiger partial charge in [0.25, 0.3) is 5.91 Å². The Bertz CT molecular complexity index is 2080. The predicted molar refractivity (Wildman–Crippen MR) is 158 cm³/mol. The van der Waals surface area contributed by atoms with Gasteiger partial charge in [-0.05, 0) is 66.9 Å². The third-order valence-electron chi connectivity index (χ3n) is 6.57. The largest absolute Gasteiger partial charge is 0.457 e. The van der Waals surface area contributed by atoms with Crippen molar-refractivity contribution in [1.82, 2.24) is 24.6 Å². The van der Waals surface area contributed by atoms with Crippen molar-refractivity contribution in [2.24, 2.45) is 0 Å². The van der Waals surface area contributed by atoms with Crippen LogP contribution in [-0.2, 0) is 6.18 Å². The average molecular weight is 612 g/mol. The van der Waals surface area contributed by atoms with Crippen LogP contribution in [0.25, 0.3) is 5.65 Å². The minimum absolute atomic E-state index is 0.182. The van der Waals surface area contributed by atoms with E-state index in [-0.39, 0.29) is 17.2 Å². The van der Waals surface area contributed by atoms with Crippen LogP contribution < -0.4 is 15.4 Å². The minimum Gasteiger partial charge on any atom is -0.457 e. The summed E-state index contributed by atoms with van der Waals surface area (Å²) in [6.07, 6.45) is 4.78. The molecule has 0 atom stereocenters. The third-order valence-corrected chi connectivity index (χ3v) is 6.57. The zero-order valence-corrected chi connectivity index (χ0v) is 23.3. The van der Waals surface area contributed by atoms with Crippen LogP contribution in [0.1, 0.15) is 32.7 Å². The third kappa shape index (κ3) is 6.45. The monoisotopic (exact) mass is 611 g/mol. The van der Waals surface area contributed by atoms with Gasteiger partial charge in [0.15, 0.2) is 5.65 Å². The van der Waals surface area contributed by atoms with Gasteiger partial charge in [0.1, 0.15) is 23.0 Å². The SMILES string of the molecule is Cc1cc(F)c(C(=O)Nc2cc(Oc3ccncc3)cc(C(F)(F)F)c2)cc1C#Cc1cnc2c(Nc3cn[nH]c3)cccn12. The van der Waals surface area contributed by atoms with E-state index in [0.717, 1.165) is 23.9 Å². The maximum Gasteiger partial charge on any atom is 0.416 e. The lowest BCUT2D eigenvalue weighted by molar-refractivity contribution is -0.137. The number of fused-ring (bicyclic) bond motifs is 1.